The maximum Gasteiger partial charge on any atom is 0.309 e. The molecule has 0 bridgehead atoms. The van der Waals surface area contributed by atoms with Crippen molar-refractivity contribution < 1.29 is 27.5 Å². The Balaban J connectivity index is 1.44. The maximum absolute atomic E-state index is 12.9. The van der Waals surface area contributed by atoms with Gasteiger partial charge in [0.2, 0.25) is 10.0 Å². The summed E-state index contributed by atoms with van der Waals surface area (Å²) in [5.41, 5.74) is 1.96. The number of nitrogens with zero attached hydrogens (tertiary/aromatic N) is 1. The number of ether oxygens (including phenoxy) is 2. The largest absolute Gasteiger partial charge is 0.455 e. The molecule has 3 rings (SSSR count). The molecule has 30 heavy (non-hydrogen) atoms. The predicted molar refractivity (Wildman–Crippen MR) is 110 cm³/mol. The van der Waals surface area contributed by atoms with Crippen molar-refractivity contribution >= 4 is 21.9 Å². The van der Waals surface area contributed by atoms with Crippen molar-refractivity contribution in [1.29, 1.82) is 0 Å². The molecule has 2 aliphatic rings. The summed E-state index contributed by atoms with van der Waals surface area (Å²) >= 11 is 0. The van der Waals surface area contributed by atoms with E-state index in [2.05, 4.69) is 5.32 Å². The highest BCUT2D eigenvalue weighted by molar-refractivity contribution is 7.89. The van der Waals surface area contributed by atoms with Crippen LogP contribution in [0, 0.1) is 19.8 Å². The summed E-state index contributed by atoms with van der Waals surface area (Å²) in [6.45, 7) is 5.13. The highest BCUT2D eigenvalue weighted by Gasteiger charge is 2.33. The fourth-order valence-electron chi connectivity index (χ4n) is 3.69. The van der Waals surface area contributed by atoms with Crippen molar-refractivity contribution in [2.24, 2.45) is 5.92 Å². The van der Waals surface area contributed by atoms with Crippen LogP contribution in [-0.4, -0.2) is 63.6 Å². The molecule has 0 spiro atoms. The zero-order valence-corrected chi connectivity index (χ0v) is 18.4. The van der Waals surface area contributed by atoms with Gasteiger partial charge < -0.3 is 14.8 Å². The molecule has 1 amide bonds. The van der Waals surface area contributed by atoms with Crippen LogP contribution in [0.5, 0.6) is 0 Å². The molecular weight excluding hydrogens is 408 g/mol. The Kier molecular flexibility index (Phi) is 7.49. The first kappa shape index (κ1) is 22.7. The van der Waals surface area contributed by atoms with Crippen LogP contribution in [0.25, 0.3) is 0 Å². The molecule has 2 aliphatic heterocycles. The molecule has 166 valence electrons. The number of piperidine rings is 1. The first-order valence-corrected chi connectivity index (χ1v) is 11.8. The number of aryl methyl sites for hydroxylation is 2. The molecule has 1 aromatic carbocycles. The van der Waals surface area contributed by atoms with E-state index < -0.39 is 21.9 Å². The molecule has 0 aliphatic carbocycles. The summed E-state index contributed by atoms with van der Waals surface area (Å²) in [5.74, 6) is -1.21. The lowest BCUT2D eigenvalue weighted by atomic mass is 9.98. The van der Waals surface area contributed by atoms with Gasteiger partial charge in [-0.15, -0.1) is 0 Å². The zero-order chi connectivity index (χ0) is 21.7. The number of rotatable bonds is 7. The topological polar surface area (TPSA) is 102 Å². The summed E-state index contributed by atoms with van der Waals surface area (Å²) in [5, 5.41) is 2.71. The van der Waals surface area contributed by atoms with Gasteiger partial charge in [-0.05, 0) is 62.8 Å². The number of amides is 1. The van der Waals surface area contributed by atoms with Crippen LogP contribution in [0.3, 0.4) is 0 Å². The number of carbonyl (C=O) groups is 2. The Labute approximate surface area is 178 Å². The molecule has 0 aromatic heterocycles. The molecular formula is C21H30N2O6S. The normalized spacial score (nSPS) is 20.8. The minimum Gasteiger partial charge on any atom is -0.455 e. The number of benzene rings is 1. The summed E-state index contributed by atoms with van der Waals surface area (Å²) < 4.78 is 37.7. The van der Waals surface area contributed by atoms with Crippen LogP contribution in [0.2, 0.25) is 0 Å². The summed E-state index contributed by atoms with van der Waals surface area (Å²) in [6.07, 6.45) is 2.70. The van der Waals surface area contributed by atoms with Crippen LogP contribution in [0.15, 0.2) is 23.1 Å². The molecule has 0 saturated carbocycles. The van der Waals surface area contributed by atoms with Crippen LogP contribution >= 0.6 is 0 Å². The number of nitrogens with one attached hydrogen (secondary N) is 1. The van der Waals surface area contributed by atoms with Gasteiger partial charge in [-0.2, -0.15) is 4.31 Å². The fourth-order valence-corrected chi connectivity index (χ4v) is 5.25. The van der Waals surface area contributed by atoms with E-state index in [0.717, 1.165) is 24.0 Å². The molecule has 8 nitrogen and oxygen atoms in total. The molecule has 1 N–H and O–H groups in total. The van der Waals surface area contributed by atoms with Crippen LogP contribution in [0.4, 0.5) is 0 Å². The third kappa shape index (κ3) is 5.59. The smallest absolute Gasteiger partial charge is 0.309 e. The lowest BCUT2D eigenvalue weighted by molar-refractivity contribution is -0.153. The Morgan fingerprint density at radius 3 is 2.53 bits per heavy atom. The SMILES string of the molecule is Cc1ccc(S(=O)(=O)N2CCC(C(=O)OCC(=O)NC[C@@H]3CCCO3)CC2)cc1C. The number of sulfonamides is 1. The minimum absolute atomic E-state index is 0.0354. The molecule has 2 saturated heterocycles. The van der Waals surface area contributed by atoms with Gasteiger partial charge in [0.05, 0.1) is 16.9 Å². The van der Waals surface area contributed by atoms with E-state index in [1.807, 2.05) is 13.8 Å². The second kappa shape index (κ2) is 9.89. The van der Waals surface area contributed by atoms with Gasteiger partial charge >= 0.3 is 5.97 Å². The van der Waals surface area contributed by atoms with E-state index in [9.17, 15) is 18.0 Å². The van der Waals surface area contributed by atoms with E-state index in [4.69, 9.17) is 9.47 Å². The molecule has 1 atom stereocenters. The van der Waals surface area contributed by atoms with Crippen molar-refractivity contribution in [3.8, 4) is 0 Å². The Morgan fingerprint density at radius 2 is 1.90 bits per heavy atom. The van der Waals surface area contributed by atoms with Gasteiger partial charge in [0.15, 0.2) is 6.61 Å². The van der Waals surface area contributed by atoms with Gasteiger partial charge in [0.1, 0.15) is 0 Å². The number of hydrogen-bond acceptors (Lipinski definition) is 6. The molecule has 0 unspecified atom stereocenters. The third-order valence-corrected chi connectivity index (χ3v) is 7.69. The molecule has 1 aromatic rings. The van der Waals surface area contributed by atoms with E-state index in [1.54, 1.807) is 18.2 Å². The van der Waals surface area contributed by atoms with Gasteiger partial charge in [-0.1, -0.05) is 6.07 Å². The Bertz CT molecular complexity index is 871. The summed E-state index contributed by atoms with van der Waals surface area (Å²) in [6, 6.07) is 5.10. The Hall–Kier alpha value is -1.97. The lowest BCUT2D eigenvalue weighted by Gasteiger charge is -2.30. The van der Waals surface area contributed by atoms with Gasteiger partial charge in [0, 0.05) is 26.2 Å². The first-order chi connectivity index (χ1) is 14.3. The monoisotopic (exact) mass is 438 g/mol. The first-order valence-electron chi connectivity index (χ1n) is 10.4. The van der Waals surface area contributed by atoms with Crippen molar-refractivity contribution in [1.82, 2.24) is 9.62 Å². The quantitative estimate of drug-likeness (QED) is 0.648. The van der Waals surface area contributed by atoms with Crippen molar-refractivity contribution in [2.75, 3.05) is 32.8 Å². The van der Waals surface area contributed by atoms with Crippen LogP contribution in [-0.2, 0) is 29.1 Å². The molecule has 9 heteroatoms. The Morgan fingerprint density at radius 1 is 1.17 bits per heavy atom. The summed E-state index contributed by atoms with van der Waals surface area (Å²) in [7, 11) is -3.59. The van der Waals surface area contributed by atoms with E-state index in [0.29, 0.717) is 26.0 Å². The summed E-state index contributed by atoms with van der Waals surface area (Å²) in [4.78, 5) is 24.4. The fraction of sp³-hybridized carbons (Fsp3) is 0.619. The van der Waals surface area contributed by atoms with Crippen LogP contribution < -0.4 is 5.32 Å². The van der Waals surface area contributed by atoms with E-state index >= 15 is 0 Å². The average Bonchev–Trinajstić information content (AvgIpc) is 3.26. The van der Waals surface area contributed by atoms with E-state index in [1.165, 1.54) is 4.31 Å². The highest BCUT2D eigenvalue weighted by atomic mass is 32.2. The highest BCUT2D eigenvalue weighted by Crippen LogP contribution is 2.25. The average molecular weight is 439 g/mol. The number of hydrogen-bond donors (Lipinski definition) is 1. The maximum atomic E-state index is 12.9. The van der Waals surface area contributed by atoms with Crippen LogP contribution in [0.1, 0.15) is 36.8 Å². The second-order valence-corrected chi connectivity index (χ2v) is 9.91. The van der Waals surface area contributed by atoms with Crippen molar-refractivity contribution in [3.05, 3.63) is 29.3 Å². The number of esters is 1. The van der Waals surface area contributed by atoms with Crippen molar-refractivity contribution in [3.63, 3.8) is 0 Å². The predicted octanol–water partition coefficient (Wildman–Crippen LogP) is 1.54. The second-order valence-electron chi connectivity index (χ2n) is 7.97. The van der Waals surface area contributed by atoms with Gasteiger partial charge in [-0.3, -0.25) is 9.59 Å². The minimum atomic E-state index is -3.59. The van der Waals surface area contributed by atoms with Gasteiger partial charge in [-0.25, -0.2) is 8.42 Å². The standard InChI is InChI=1S/C21H30N2O6S/c1-15-5-6-19(12-16(15)2)30(26,27)23-9-7-17(8-10-23)21(25)29-14-20(24)22-13-18-4-3-11-28-18/h5-6,12,17-18H,3-4,7-11,13-14H2,1-2H3,(H,22,24)/t18-/m0/s1. The van der Waals surface area contributed by atoms with Gasteiger partial charge in [0.25, 0.3) is 5.91 Å². The van der Waals surface area contributed by atoms with Crippen molar-refractivity contribution in [2.45, 2.75) is 50.5 Å². The molecule has 2 heterocycles. The third-order valence-electron chi connectivity index (χ3n) is 5.80. The molecule has 0 radical (unpaired) electrons. The zero-order valence-electron chi connectivity index (χ0n) is 17.6. The lowest BCUT2D eigenvalue weighted by Crippen LogP contribution is -2.41. The number of carbonyl (C=O) groups excluding carboxylic acids is 2. The van der Waals surface area contributed by atoms with E-state index in [-0.39, 0.29) is 36.6 Å². The molecule has 2 fully saturated rings.